The van der Waals surface area contributed by atoms with Gasteiger partial charge in [0.15, 0.2) is 17.1 Å². The molecule has 0 unspecified atom stereocenters. The molecule has 2 nitrogen and oxygen atoms in total. The molecule has 0 fully saturated rings. The first-order valence-electron chi connectivity index (χ1n) is 7.86. The fourth-order valence-corrected chi connectivity index (χ4v) is 4.36. The summed E-state index contributed by atoms with van der Waals surface area (Å²) in [6, 6.07) is 11.4. The van der Waals surface area contributed by atoms with E-state index in [1.165, 1.54) is 17.4 Å². The summed E-state index contributed by atoms with van der Waals surface area (Å²) >= 11 is 1.49. The molecule has 1 aromatic heterocycles. The van der Waals surface area contributed by atoms with Gasteiger partial charge >= 0.3 is 0 Å². The van der Waals surface area contributed by atoms with Crippen molar-refractivity contribution in [3.63, 3.8) is 0 Å². The zero-order valence-corrected chi connectivity index (χ0v) is 14.3. The lowest BCUT2D eigenvalue weighted by molar-refractivity contribution is 0.203. The van der Waals surface area contributed by atoms with Crippen molar-refractivity contribution in [2.75, 3.05) is 13.7 Å². The van der Waals surface area contributed by atoms with Crippen LogP contribution in [0.15, 0.2) is 47.3 Å². The van der Waals surface area contributed by atoms with Crippen molar-refractivity contribution in [1.82, 2.24) is 0 Å². The van der Waals surface area contributed by atoms with E-state index in [1.54, 1.807) is 19.2 Å². The van der Waals surface area contributed by atoms with E-state index >= 15 is 0 Å². The Bertz CT molecular complexity index is 1180. The third-order valence-electron chi connectivity index (χ3n) is 4.36. The summed E-state index contributed by atoms with van der Waals surface area (Å²) < 4.78 is 34.5. The van der Waals surface area contributed by atoms with E-state index in [-0.39, 0.29) is 16.2 Å². The summed E-state index contributed by atoms with van der Waals surface area (Å²) in [5.41, 5.74) is -0.286. The highest BCUT2D eigenvalue weighted by Gasteiger charge is 2.17. The number of rotatable bonds is 3. The van der Waals surface area contributed by atoms with E-state index in [0.717, 1.165) is 21.0 Å². The van der Waals surface area contributed by atoms with E-state index < -0.39 is 11.6 Å². The third-order valence-corrected chi connectivity index (χ3v) is 5.59. The average molecular weight is 356 g/mol. The van der Waals surface area contributed by atoms with E-state index in [0.29, 0.717) is 23.8 Å². The highest BCUT2D eigenvalue weighted by molar-refractivity contribution is 7.20. The first-order chi connectivity index (χ1) is 12.1. The van der Waals surface area contributed by atoms with Crippen LogP contribution in [0.1, 0.15) is 4.88 Å². The number of halogens is 2. The Hall–Kier alpha value is -2.37. The number of hydrogen-bond acceptors (Lipinski definition) is 3. The molecule has 4 rings (SSSR count). The zero-order valence-electron chi connectivity index (χ0n) is 13.4. The summed E-state index contributed by atoms with van der Waals surface area (Å²) in [6.45, 7) is 0.540. The first kappa shape index (κ1) is 16.1. The molecule has 0 saturated heterocycles. The Morgan fingerprint density at radius 1 is 1.00 bits per heavy atom. The lowest BCUT2D eigenvalue weighted by atomic mass is 10.1. The van der Waals surface area contributed by atoms with Gasteiger partial charge in [0.1, 0.15) is 0 Å². The summed E-state index contributed by atoms with van der Waals surface area (Å²) in [5.74, 6) is -1.93. The maximum atomic E-state index is 14.7. The summed E-state index contributed by atoms with van der Waals surface area (Å²) in [4.78, 5) is 13.9. The van der Waals surface area contributed by atoms with Gasteiger partial charge < -0.3 is 4.74 Å². The number of fused-ring (bicyclic) bond motifs is 5. The van der Waals surface area contributed by atoms with E-state index in [1.807, 2.05) is 18.2 Å². The minimum absolute atomic E-state index is 0.0520. The monoisotopic (exact) mass is 356 g/mol. The van der Waals surface area contributed by atoms with Crippen molar-refractivity contribution in [1.29, 1.82) is 0 Å². The maximum absolute atomic E-state index is 14.7. The topological polar surface area (TPSA) is 26.3 Å². The van der Waals surface area contributed by atoms with Gasteiger partial charge in [0.05, 0.1) is 6.61 Å². The highest BCUT2D eigenvalue weighted by atomic mass is 32.1. The van der Waals surface area contributed by atoms with Crippen LogP contribution < -0.4 is 5.43 Å². The fraction of sp³-hybridized carbons (Fsp3) is 0.150. The van der Waals surface area contributed by atoms with Crippen molar-refractivity contribution < 1.29 is 13.5 Å². The predicted molar refractivity (Wildman–Crippen MR) is 98.6 cm³/mol. The predicted octanol–water partition coefficient (Wildman–Crippen LogP) is 5.04. The van der Waals surface area contributed by atoms with Gasteiger partial charge in [-0.15, -0.1) is 11.3 Å². The molecule has 25 heavy (non-hydrogen) atoms. The maximum Gasteiger partial charge on any atom is 0.194 e. The molecule has 0 aliphatic rings. The Balaban J connectivity index is 2.29. The molecular weight excluding hydrogens is 342 g/mol. The number of benzene rings is 2. The van der Waals surface area contributed by atoms with Gasteiger partial charge in [0, 0.05) is 50.0 Å². The number of thiophene rings is 1. The quantitative estimate of drug-likeness (QED) is 0.514. The van der Waals surface area contributed by atoms with E-state index in [2.05, 4.69) is 0 Å². The van der Waals surface area contributed by atoms with Crippen molar-refractivity contribution in [2.45, 2.75) is 6.42 Å². The Morgan fingerprint density at radius 3 is 2.52 bits per heavy atom. The van der Waals surface area contributed by atoms with Crippen molar-refractivity contribution in [3.8, 4) is 0 Å². The van der Waals surface area contributed by atoms with Crippen LogP contribution in [0.2, 0.25) is 0 Å². The second kappa shape index (κ2) is 6.17. The molecule has 0 aliphatic heterocycles. The van der Waals surface area contributed by atoms with Crippen molar-refractivity contribution in [3.05, 3.63) is 69.2 Å². The average Bonchev–Trinajstić information content (AvgIpc) is 3.01. The fourth-order valence-electron chi connectivity index (χ4n) is 3.18. The highest BCUT2D eigenvalue weighted by Crippen LogP contribution is 2.36. The molecule has 0 saturated carbocycles. The van der Waals surface area contributed by atoms with Crippen LogP contribution in [-0.2, 0) is 11.2 Å². The number of methoxy groups -OCH3 is 1. The lowest BCUT2D eigenvalue weighted by Gasteiger charge is -1.98. The number of hydrogen-bond donors (Lipinski definition) is 0. The van der Waals surface area contributed by atoms with Crippen LogP contribution >= 0.6 is 11.3 Å². The molecule has 4 aromatic rings. The summed E-state index contributed by atoms with van der Waals surface area (Å²) in [5, 5.41) is 2.08. The molecular formula is C20H14F2O2S. The minimum Gasteiger partial charge on any atom is -0.384 e. The Kier molecular flexibility index (Phi) is 3.98. The van der Waals surface area contributed by atoms with Crippen LogP contribution in [0.5, 0.6) is 0 Å². The van der Waals surface area contributed by atoms with Gasteiger partial charge in [-0.3, -0.25) is 4.79 Å². The van der Waals surface area contributed by atoms with Crippen LogP contribution in [0.4, 0.5) is 8.78 Å². The molecule has 1 heterocycles. The summed E-state index contributed by atoms with van der Waals surface area (Å²) in [6.07, 6.45) is 0.677. The minimum atomic E-state index is -0.976. The largest absolute Gasteiger partial charge is 0.384 e. The molecule has 0 radical (unpaired) electrons. The van der Waals surface area contributed by atoms with Crippen molar-refractivity contribution in [2.24, 2.45) is 0 Å². The molecule has 5 heteroatoms. The molecule has 0 aliphatic carbocycles. The van der Waals surface area contributed by atoms with E-state index in [4.69, 9.17) is 4.74 Å². The van der Waals surface area contributed by atoms with E-state index in [9.17, 15) is 13.6 Å². The van der Waals surface area contributed by atoms with Crippen molar-refractivity contribution >= 4 is 43.0 Å². The van der Waals surface area contributed by atoms with Gasteiger partial charge in [-0.25, -0.2) is 8.78 Å². The molecule has 0 atom stereocenters. The Morgan fingerprint density at radius 2 is 1.76 bits per heavy atom. The normalized spacial score (nSPS) is 11.6. The van der Waals surface area contributed by atoms with Gasteiger partial charge in [-0.2, -0.15) is 0 Å². The smallest absolute Gasteiger partial charge is 0.194 e. The summed E-state index contributed by atoms with van der Waals surface area (Å²) in [7, 11) is 1.62. The molecule has 0 spiro atoms. The van der Waals surface area contributed by atoms with Gasteiger partial charge in [-0.05, 0) is 18.2 Å². The van der Waals surface area contributed by atoms with Crippen LogP contribution in [-0.4, -0.2) is 13.7 Å². The first-order valence-corrected chi connectivity index (χ1v) is 8.67. The second-order valence-corrected chi connectivity index (χ2v) is 6.99. The molecule has 0 amide bonds. The van der Waals surface area contributed by atoms with Gasteiger partial charge in [0.25, 0.3) is 0 Å². The van der Waals surface area contributed by atoms with Crippen LogP contribution in [0.25, 0.3) is 31.6 Å². The van der Waals surface area contributed by atoms with Crippen LogP contribution in [0.3, 0.4) is 0 Å². The molecule has 3 aromatic carbocycles. The SMILES string of the molecule is COCCc1cc2c(s1)c1ccccc1c(=O)c1ccc(F)c(F)c12. The molecule has 126 valence electrons. The van der Waals surface area contributed by atoms with Gasteiger partial charge in [-0.1, -0.05) is 24.3 Å². The molecule has 0 bridgehead atoms. The third kappa shape index (κ3) is 2.51. The molecule has 0 N–H and O–H groups in total. The number of ether oxygens (including phenoxy) is 1. The lowest BCUT2D eigenvalue weighted by Crippen LogP contribution is -2.00. The Labute approximate surface area is 146 Å². The zero-order chi connectivity index (χ0) is 17.6. The van der Waals surface area contributed by atoms with Crippen LogP contribution in [0, 0.1) is 11.6 Å². The standard InChI is InChI=1S/C20H14F2O2S/c1-24-9-8-11-10-15-17-14(6-7-16(21)18(17)22)19(23)12-4-2-3-5-13(12)20(15)25-11/h2-7,10H,8-9H2,1H3. The van der Waals surface area contributed by atoms with Gasteiger partial charge in [0.2, 0.25) is 0 Å². The second-order valence-electron chi connectivity index (χ2n) is 5.86.